The van der Waals surface area contributed by atoms with E-state index in [1.165, 1.54) is 4.88 Å². The fourth-order valence-electron chi connectivity index (χ4n) is 0.389. The first-order chi connectivity index (χ1) is 4.43. The van der Waals surface area contributed by atoms with E-state index in [0.717, 1.165) is 5.33 Å². The van der Waals surface area contributed by atoms with E-state index in [1.807, 2.05) is 0 Å². The normalized spacial score (nSPS) is 7.44. The lowest BCUT2D eigenvalue weighted by atomic mass is 10.5. The number of hydrogen-bond donors (Lipinski definition) is 0. The Morgan fingerprint density at radius 2 is 2.33 bits per heavy atom. The second-order valence-electron chi connectivity index (χ2n) is 1.21. The van der Waals surface area contributed by atoms with Crippen molar-refractivity contribution in [2.45, 2.75) is 5.33 Å². The lowest BCUT2D eigenvalue weighted by Gasteiger charge is -1.76. The molecule has 0 bridgehead atoms. The summed E-state index contributed by atoms with van der Waals surface area (Å²) in [6.45, 7) is 3.50. The molecular weight excluding hydrogens is 198 g/mol. The minimum Gasteiger partial charge on any atom is -0.202 e. The molecule has 1 rings (SSSR count). The number of alkyl halides is 1. The van der Waals surface area contributed by atoms with Crippen LogP contribution in [-0.4, -0.2) is 0 Å². The molecule has 0 aliphatic heterocycles. The molecule has 1 aromatic heterocycles. The summed E-state index contributed by atoms with van der Waals surface area (Å²) in [5, 5.41) is 9.57. The molecule has 9 heavy (non-hydrogen) atoms. The third-order valence-corrected chi connectivity index (χ3v) is 2.56. The van der Waals surface area contributed by atoms with Crippen molar-refractivity contribution in [3.05, 3.63) is 22.4 Å². The van der Waals surface area contributed by atoms with Gasteiger partial charge in [0.2, 0.25) is 0 Å². The zero-order chi connectivity index (χ0) is 7.11. The monoisotopic (exact) mass is 203 g/mol. The highest BCUT2D eigenvalue weighted by atomic mass is 79.9. The smallest absolute Gasteiger partial charge is 0.0462 e. The Balaban J connectivity index is 0.000000291. The molecule has 48 valence electrons. The van der Waals surface area contributed by atoms with Crippen LogP contribution in [-0.2, 0) is 5.33 Å². The van der Waals surface area contributed by atoms with Gasteiger partial charge in [0.25, 0.3) is 0 Å². The SMILES string of the molecule is BrCc1cccs1.C#N. The molecule has 0 N–H and O–H groups in total. The first kappa shape index (κ1) is 8.67. The standard InChI is InChI=1S/C5H5BrS.CHN/c6-4-5-2-1-3-7-5;1-2/h1-3H,4H2;1H. The van der Waals surface area contributed by atoms with Crippen LogP contribution in [0.1, 0.15) is 4.88 Å². The largest absolute Gasteiger partial charge is 0.202 e. The summed E-state index contributed by atoms with van der Waals surface area (Å²) in [4.78, 5) is 1.39. The Kier molecular flexibility index (Phi) is 5.59. The molecule has 0 unspecified atom stereocenters. The van der Waals surface area contributed by atoms with Gasteiger partial charge in [-0.25, -0.2) is 5.26 Å². The van der Waals surface area contributed by atoms with Crippen LogP contribution in [0.5, 0.6) is 0 Å². The van der Waals surface area contributed by atoms with Gasteiger partial charge in [-0.15, -0.1) is 11.3 Å². The maximum atomic E-state index is 6.50. The van der Waals surface area contributed by atoms with E-state index in [1.54, 1.807) is 11.3 Å². The molecule has 0 saturated carbocycles. The van der Waals surface area contributed by atoms with Crippen LogP contribution in [0.15, 0.2) is 17.5 Å². The minimum absolute atomic E-state index is 0.991. The van der Waals surface area contributed by atoms with Gasteiger partial charge < -0.3 is 0 Å². The van der Waals surface area contributed by atoms with Gasteiger partial charge in [-0.1, -0.05) is 22.0 Å². The number of halogens is 1. The average Bonchev–Trinajstić information content (AvgIpc) is 2.43. The van der Waals surface area contributed by atoms with Crippen molar-refractivity contribution in [3.8, 4) is 6.57 Å². The summed E-state index contributed by atoms with van der Waals surface area (Å²) < 4.78 is 0. The topological polar surface area (TPSA) is 23.8 Å². The number of thiophene rings is 1. The first-order valence-electron chi connectivity index (χ1n) is 2.27. The van der Waals surface area contributed by atoms with Crippen LogP contribution in [0.2, 0.25) is 0 Å². The average molecular weight is 204 g/mol. The van der Waals surface area contributed by atoms with Gasteiger partial charge >= 0.3 is 0 Å². The first-order valence-corrected chi connectivity index (χ1v) is 4.28. The maximum absolute atomic E-state index is 6.50. The fourth-order valence-corrected chi connectivity index (χ4v) is 1.52. The lowest BCUT2D eigenvalue weighted by Crippen LogP contribution is -1.57. The fraction of sp³-hybridized carbons (Fsp3) is 0.167. The molecule has 0 spiro atoms. The molecule has 0 radical (unpaired) electrons. The zero-order valence-electron chi connectivity index (χ0n) is 4.75. The van der Waals surface area contributed by atoms with Crippen molar-refractivity contribution in [1.29, 1.82) is 5.26 Å². The highest BCUT2D eigenvalue weighted by Gasteiger charge is 1.84. The highest BCUT2D eigenvalue weighted by molar-refractivity contribution is 9.08. The van der Waals surface area contributed by atoms with Crippen LogP contribution >= 0.6 is 27.3 Å². The summed E-state index contributed by atoms with van der Waals surface area (Å²) >= 11 is 5.12. The molecule has 0 aliphatic carbocycles. The third-order valence-electron chi connectivity index (χ3n) is 0.712. The predicted molar refractivity (Wildman–Crippen MR) is 43.6 cm³/mol. The number of rotatable bonds is 1. The number of hydrogen-bond acceptors (Lipinski definition) is 2. The number of nitrogens with zero attached hydrogens (tertiary/aromatic N) is 1. The summed E-state index contributed by atoms with van der Waals surface area (Å²) in [7, 11) is 0. The molecule has 1 nitrogen and oxygen atoms in total. The summed E-state index contributed by atoms with van der Waals surface area (Å²) in [5.74, 6) is 0. The van der Waals surface area contributed by atoms with Crippen LogP contribution < -0.4 is 0 Å². The van der Waals surface area contributed by atoms with E-state index in [0.29, 0.717) is 0 Å². The summed E-state index contributed by atoms with van der Waals surface area (Å²) in [6, 6.07) is 4.17. The van der Waals surface area contributed by atoms with Gasteiger partial charge in [0, 0.05) is 16.8 Å². The summed E-state index contributed by atoms with van der Waals surface area (Å²) in [6.07, 6.45) is 0. The van der Waals surface area contributed by atoms with Crippen LogP contribution in [0.3, 0.4) is 0 Å². The van der Waals surface area contributed by atoms with Crippen molar-refractivity contribution in [2.24, 2.45) is 0 Å². The minimum atomic E-state index is 0.991. The second kappa shape index (κ2) is 5.80. The Bertz CT molecular complexity index is 157. The van der Waals surface area contributed by atoms with Gasteiger partial charge in [-0.3, -0.25) is 0 Å². The van der Waals surface area contributed by atoms with Crippen molar-refractivity contribution >= 4 is 27.3 Å². The van der Waals surface area contributed by atoms with E-state index < -0.39 is 0 Å². The predicted octanol–water partition coefficient (Wildman–Crippen LogP) is 2.78. The molecule has 3 heteroatoms. The zero-order valence-corrected chi connectivity index (χ0v) is 7.15. The highest BCUT2D eigenvalue weighted by Crippen LogP contribution is 2.11. The van der Waals surface area contributed by atoms with Gasteiger partial charge in [0.1, 0.15) is 0 Å². The van der Waals surface area contributed by atoms with Crippen molar-refractivity contribution in [1.82, 2.24) is 0 Å². The van der Waals surface area contributed by atoms with Gasteiger partial charge in [-0.05, 0) is 11.4 Å². The van der Waals surface area contributed by atoms with E-state index >= 15 is 0 Å². The third kappa shape index (κ3) is 3.28. The van der Waals surface area contributed by atoms with E-state index in [4.69, 9.17) is 5.26 Å². The number of nitriles is 1. The molecule has 0 amide bonds. The van der Waals surface area contributed by atoms with Crippen LogP contribution in [0, 0.1) is 11.8 Å². The Morgan fingerprint density at radius 3 is 2.56 bits per heavy atom. The molecular formula is C6H6BrNS. The second-order valence-corrected chi connectivity index (χ2v) is 2.81. The van der Waals surface area contributed by atoms with Crippen LogP contribution in [0.25, 0.3) is 0 Å². The van der Waals surface area contributed by atoms with Gasteiger partial charge in [-0.2, -0.15) is 0 Å². The maximum Gasteiger partial charge on any atom is 0.0462 e. The van der Waals surface area contributed by atoms with Gasteiger partial charge in [0.05, 0.1) is 0 Å². The quantitative estimate of drug-likeness (QED) is 0.645. The Hall–Kier alpha value is -0.330. The molecule has 0 aromatic carbocycles. The van der Waals surface area contributed by atoms with E-state index in [-0.39, 0.29) is 0 Å². The van der Waals surface area contributed by atoms with E-state index in [2.05, 4.69) is 40.0 Å². The molecule has 1 heterocycles. The molecule has 1 aromatic rings. The van der Waals surface area contributed by atoms with Crippen molar-refractivity contribution < 1.29 is 0 Å². The Morgan fingerprint density at radius 1 is 1.67 bits per heavy atom. The van der Waals surface area contributed by atoms with Crippen LogP contribution in [0.4, 0.5) is 0 Å². The van der Waals surface area contributed by atoms with Crippen molar-refractivity contribution in [3.63, 3.8) is 0 Å². The Labute approximate surface area is 67.1 Å². The van der Waals surface area contributed by atoms with E-state index in [9.17, 15) is 0 Å². The lowest BCUT2D eigenvalue weighted by molar-refractivity contribution is 1.58. The molecule has 0 saturated heterocycles. The molecule has 0 aliphatic rings. The van der Waals surface area contributed by atoms with Gasteiger partial charge in [0.15, 0.2) is 0 Å². The summed E-state index contributed by atoms with van der Waals surface area (Å²) in [5.41, 5.74) is 0. The molecule has 0 atom stereocenters. The van der Waals surface area contributed by atoms with Crippen molar-refractivity contribution in [2.75, 3.05) is 0 Å². The molecule has 0 fully saturated rings.